The molecule has 5 rings (SSSR count). The second-order valence-corrected chi connectivity index (χ2v) is 8.34. The third-order valence-electron chi connectivity index (χ3n) is 6.11. The van der Waals surface area contributed by atoms with E-state index in [0.717, 1.165) is 44.0 Å². The smallest absolute Gasteiger partial charge is 0.259 e. The van der Waals surface area contributed by atoms with Gasteiger partial charge in [0, 0.05) is 38.4 Å². The molecular formula is C26H24FN3O3. The van der Waals surface area contributed by atoms with Gasteiger partial charge in [-0.15, -0.1) is 0 Å². The van der Waals surface area contributed by atoms with Crippen molar-refractivity contribution in [3.8, 4) is 5.75 Å². The summed E-state index contributed by atoms with van der Waals surface area (Å²) >= 11 is 0. The van der Waals surface area contributed by atoms with Gasteiger partial charge in [0.25, 0.3) is 11.8 Å². The van der Waals surface area contributed by atoms with Crippen LogP contribution in [0.15, 0.2) is 66.7 Å². The first-order chi connectivity index (χ1) is 16.0. The molecule has 1 fully saturated rings. The Bertz CT molecular complexity index is 1170. The van der Waals surface area contributed by atoms with E-state index in [2.05, 4.69) is 27.2 Å². The largest absolute Gasteiger partial charge is 0.489 e. The van der Waals surface area contributed by atoms with E-state index in [9.17, 15) is 14.0 Å². The number of hydrogen-bond acceptors (Lipinski definition) is 5. The van der Waals surface area contributed by atoms with E-state index in [-0.39, 0.29) is 17.6 Å². The molecule has 1 N–H and O–H groups in total. The van der Waals surface area contributed by atoms with Gasteiger partial charge < -0.3 is 9.64 Å². The third kappa shape index (κ3) is 4.73. The molecule has 0 radical (unpaired) electrons. The molecule has 0 aliphatic carbocycles. The number of nitrogens with one attached hydrogen (secondary N) is 1. The number of ether oxygens (including phenoxy) is 1. The number of halogens is 1. The Morgan fingerprint density at radius 1 is 0.788 bits per heavy atom. The van der Waals surface area contributed by atoms with Gasteiger partial charge in [0.2, 0.25) is 0 Å². The number of anilines is 1. The average molecular weight is 445 g/mol. The summed E-state index contributed by atoms with van der Waals surface area (Å²) in [5.74, 6) is -0.401. The highest BCUT2D eigenvalue weighted by Crippen LogP contribution is 2.23. The summed E-state index contributed by atoms with van der Waals surface area (Å²) in [6, 6.07) is 19.9. The molecule has 3 aromatic carbocycles. The molecular weight excluding hydrogens is 421 g/mol. The summed E-state index contributed by atoms with van der Waals surface area (Å²) in [7, 11) is 0. The highest BCUT2D eigenvalue weighted by molar-refractivity contribution is 6.21. The molecule has 2 amide bonds. The van der Waals surface area contributed by atoms with E-state index in [1.54, 1.807) is 18.2 Å². The second kappa shape index (κ2) is 9.03. The Hall–Kier alpha value is -3.71. The lowest BCUT2D eigenvalue weighted by molar-refractivity contribution is 0.0879. The van der Waals surface area contributed by atoms with Crippen LogP contribution in [0.1, 0.15) is 31.8 Å². The molecule has 6 nitrogen and oxygen atoms in total. The highest BCUT2D eigenvalue weighted by atomic mass is 19.1. The number of hydrogen-bond donors (Lipinski definition) is 1. The number of rotatable bonds is 6. The summed E-state index contributed by atoms with van der Waals surface area (Å²) in [6.45, 7) is 5.01. The molecule has 168 valence electrons. The number of piperazine rings is 1. The highest BCUT2D eigenvalue weighted by Gasteiger charge is 2.26. The van der Waals surface area contributed by atoms with E-state index in [1.165, 1.54) is 17.7 Å². The van der Waals surface area contributed by atoms with Crippen molar-refractivity contribution >= 4 is 17.5 Å². The SMILES string of the molecule is O=C1NC(=O)c2cc(OCc3ccc(CN4CCN(c5ccc(F)cc5)CC4)cc3)ccc21. The monoisotopic (exact) mass is 445 g/mol. The first-order valence-electron chi connectivity index (χ1n) is 11.0. The number of imide groups is 1. The lowest BCUT2D eigenvalue weighted by Gasteiger charge is -2.36. The minimum absolute atomic E-state index is 0.206. The maximum Gasteiger partial charge on any atom is 0.259 e. The van der Waals surface area contributed by atoms with Crippen LogP contribution in [0.2, 0.25) is 0 Å². The normalized spacial score (nSPS) is 16.0. The van der Waals surface area contributed by atoms with Crippen molar-refractivity contribution in [1.29, 1.82) is 0 Å². The van der Waals surface area contributed by atoms with Gasteiger partial charge in [0.05, 0.1) is 11.1 Å². The van der Waals surface area contributed by atoms with Gasteiger partial charge in [-0.3, -0.25) is 19.8 Å². The molecule has 1 saturated heterocycles. The predicted molar refractivity (Wildman–Crippen MR) is 123 cm³/mol. The minimum Gasteiger partial charge on any atom is -0.489 e. The quantitative estimate of drug-likeness (QED) is 0.588. The van der Waals surface area contributed by atoms with Gasteiger partial charge in [0.15, 0.2) is 0 Å². The molecule has 3 aromatic rings. The van der Waals surface area contributed by atoms with Crippen LogP contribution in [0.3, 0.4) is 0 Å². The van der Waals surface area contributed by atoms with Gasteiger partial charge in [-0.1, -0.05) is 24.3 Å². The van der Waals surface area contributed by atoms with E-state index in [1.807, 2.05) is 24.3 Å². The van der Waals surface area contributed by atoms with Gasteiger partial charge in [-0.25, -0.2) is 4.39 Å². The standard InChI is InChI=1S/C26H24FN3O3/c27-20-5-7-21(8-6-20)30-13-11-29(12-14-30)16-18-1-3-19(4-2-18)17-33-22-9-10-23-24(15-22)26(32)28-25(23)31/h1-10,15H,11-14,16-17H2,(H,28,31,32). The maximum atomic E-state index is 13.1. The van der Waals surface area contributed by atoms with Crippen LogP contribution >= 0.6 is 0 Å². The molecule has 2 heterocycles. The number of nitrogens with zero attached hydrogens (tertiary/aromatic N) is 2. The number of benzene rings is 3. The van der Waals surface area contributed by atoms with Crippen LogP contribution in [0, 0.1) is 5.82 Å². The van der Waals surface area contributed by atoms with Crippen molar-refractivity contribution in [3.63, 3.8) is 0 Å². The number of carbonyl (C=O) groups excluding carboxylic acids is 2. The summed E-state index contributed by atoms with van der Waals surface area (Å²) in [5, 5.41) is 2.28. The predicted octanol–water partition coefficient (Wildman–Crippen LogP) is 3.61. The van der Waals surface area contributed by atoms with Crippen molar-refractivity contribution in [2.75, 3.05) is 31.1 Å². The van der Waals surface area contributed by atoms with Crippen LogP contribution in [0.4, 0.5) is 10.1 Å². The molecule has 33 heavy (non-hydrogen) atoms. The Morgan fingerprint density at radius 3 is 2.18 bits per heavy atom. The summed E-state index contributed by atoms with van der Waals surface area (Å²) in [4.78, 5) is 28.1. The van der Waals surface area contributed by atoms with Gasteiger partial charge in [0.1, 0.15) is 18.2 Å². The van der Waals surface area contributed by atoms with E-state index in [4.69, 9.17) is 4.74 Å². The number of fused-ring (bicyclic) bond motifs is 1. The van der Waals surface area contributed by atoms with Gasteiger partial charge in [-0.2, -0.15) is 0 Å². The zero-order valence-corrected chi connectivity index (χ0v) is 18.1. The van der Waals surface area contributed by atoms with Gasteiger partial charge in [-0.05, 0) is 53.6 Å². The fourth-order valence-corrected chi connectivity index (χ4v) is 4.22. The second-order valence-electron chi connectivity index (χ2n) is 8.34. The Kier molecular flexibility index (Phi) is 5.79. The van der Waals surface area contributed by atoms with Crippen molar-refractivity contribution in [3.05, 3.63) is 94.8 Å². The molecule has 0 unspecified atom stereocenters. The lowest BCUT2D eigenvalue weighted by atomic mass is 10.1. The third-order valence-corrected chi connectivity index (χ3v) is 6.11. The maximum absolute atomic E-state index is 13.1. The van der Waals surface area contributed by atoms with Crippen LogP contribution in [0.25, 0.3) is 0 Å². The fraction of sp³-hybridized carbons (Fsp3) is 0.231. The Balaban J connectivity index is 1.12. The van der Waals surface area contributed by atoms with Crippen molar-refractivity contribution < 1.29 is 18.7 Å². The number of carbonyl (C=O) groups is 2. The minimum atomic E-state index is -0.386. The van der Waals surface area contributed by atoms with Gasteiger partial charge >= 0.3 is 0 Å². The van der Waals surface area contributed by atoms with Crippen molar-refractivity contribution in [1.82, 2.24) is 10.2 Å². The van der Waals surface area contributed by atoms with Crippen LogP contribution < -0.4 is 15.0 Å². The van der Waals surface area contributed by atoms with Crippen LogP contribution in [0.5, 0.6) is 5.75 Å². The van der Waals surface area contributed by atoms with Crippen molar-refractivity contribution in [2.45, 2.75) is 13.2 Å². The lowest BCUT2D eigenvalue weighted by Crippen LogP contribution is -2.45. The zero-order chi connectivity index (χ0) is 22.8. The molecule has 2 aliphatic rings. The average Bonchev–Trinajstić information content (AvgIpc) is 3.12. The molecule has 7 heteroatoms. The Labute approximate surface area is 191 Å². The van der Waals surface area contributed by atoms with E-state index < -0.39 is 0 Å². The molecule has 0 spiro atoms. The first kappa shape index (κ1) is 21.2. The summed E-state index contributed by atoms with van der Waals surface area (Å²) in [5.41, 5.74) is 4.07. The van der Waals surface area contributed by atoms with E-state index >= 15 is 0 Å². The molecule has 2 aliphatic heterocycles. The molecule has 0 aromatic heterocycles. The van der Waals surface area contributed by atoms with Crippen LogP contribution in [-0.4, -0.2) is 42.9 Å². The van der Waals surface area contributed by atoms with E-state index in [0.29, 0.717) is 23.5 Å². The topological polar surface area (TPSA) is 61.9 Å². The Morgan fingerprint density at radius 2 is 1.45 bits per heavy atom. The van der Waals surface area contributed by atoms with Crippen LogP contribution in [-0.2, 0) is 13.2 Å². The molecule has 0 bridgehead atoms. The van der Waals surface area contributed by atoms with Crippen molar-refractivity contribution in [2.24, 2.45) is 0 Å². The fourth-order valence-electron chi connectivity index (χ4n) is 4.22. The molecule has 0 atom stereocenters. The summed E-state index contributed by atoms with van der Waals surface area (Å²) < 4.78 is 19.0. The number of amides is 2. The zero-order valence-electron chi connectivity index (χ0n) is 18.1. The first-order valence-corrected chi connectivity index (χ1v) is 11.0. The molecule has 0 saturated carbocycles. The summed E-state index contributed by atoms with van der Waals surface area (Å²) in [6.07, 6.45) is 0.